The van der Waals surface area contributed by atoms with Crippen molar-refractivity contribution in [1.82, 2.24) is 0 Å². The molecule has 1 aliphatic carbocycles. The molecule has 0 radical (unpaired) electrons. The molecule has 2 fully saturated rings. The second kappa shape index (κ2) is 33.0. The molecule has 0 aromatic heterocycles. The molecule has 0 amide bonds. The van der Waals surface area contributed by atoms with Crippen molar-refractivity contribution in [1.29, 1.82) is 0 Å². The monoisotopic (exact) mass is 931 g/mol. The highest BCUT2D eigenvalue weighted by Crippen LogP contribution is 2.47. The molecule has 2 rings (SSSR count). The second-order valence-corrected chi connectivity index (χ2v) is 18.4. The number of phosphoric acid groups is 1. The quantitative estimate of drug-likeness (QED) is 0.0312. The molecule has 12 atom stereocenters. The molecule has 368 valence electrons. The van der Waals surface area contributed by atoms with Crippen molar-refractivity contribution in [2.24, 2.45) is 11.8 Å². The molecule has 1 saturated carbocycles. The molecule has 16 nitrogen and oxygen atoms in total. The van der Waals surface area contributed by atoms with E-state index in [1.165, 1.54) is 6.08 Å². The lowest BCUT2D eigenvalue weighted by molar-refractivity contribution is -0.167. The number of carbonyl (C=O) groups is 3. The predicted molar refractivity (Wildman–Crippen MR) is 240 cm³/mol. The van der Waals surface area contributed by atoms with Gasteiger partial charge in [-0.05, 0) is 57.8 Å². The number of ether oxygens (including phenoxy) is 2. The van der Waals surface area contributed by atoms with Crippen molar-refractivity contribution in [3.05, 3.63) is 48.6 Å². The fraction of sp³-hybridized carbons (Fsp3) is 0.766. The fourth-order valence-corrected chi connectivity index (χ4v) is 8.67. The molecular formula is C47H79O16P. The molecule has 17 heteroatoms. The van der Waals surface area contributed by atoms with Crippen LogP contribution in [0.25, 0.3) is 0 Å². The summed E-state index contributed by atoms with van der Waals surface area (Å²) in [5, 5.41) is 78.6. The third-order valence-electron chi connectivity index (χ3n) is 11.6. The van der Waals surface area contributed by atoms with E-state index in [0.717, 1.165) is 70.3 Å². The molecule has 1 unspecified atom stereocenters. The molecule has 64 heavy (non-hydrogen) atoms. The van der Waals surface area contributed by atoms with Crippen LogP contribution in [-0.2, 0) is 37.5 Å². The van der Waals surface area contributed by atoms with Gasteiger partial charge in [-0.3, -0.25) is 23.4 Å². The van der Waals surface area contributed by atoms with Gasteiger partial charge in [0.15, 0.2) is 6.10 Å². The minimum atomic E-state index is -5.46. The van der Waals surface area contributed by atoms with Crippen LogP contribution in [0.5, 0.6) is 0 Å². The number of phosphoric ester groups is 1. The Kier molecular flexibility index (Phi) is 29.6. The Labute approximate surface area is 380 Å². The summed E-state index contributed by atoms with van der Waals surface area (Å²) in [6, 6.07) is 0. The van der Waals surface area contributed by atoms with Gasteiger partial charge in [-0.2, -0.15) is 0 Å². The van der Waals surface area contributed by atoms with Gasteiger partial charge in [0.1, 0.15) is 36.8 Å². The number of aliphatic hydroxyl groups excluding tert-OH is 7. The highest BCUT2D eigenvalue weighted by molar-refractivity contribution is 7.47. The minimum absolute atomic E-state index is 0.00883. The molecule has 8 N–H and O–H groups in total. The van der Waals surface area contributed by atoms with E-state index >= 15 is 0 Å². The van der Waals surface area contributed by atoms with E-state index in [1.807, 2.05) is 6.92 Å². The first kappa shape index (κ1) is 57.5. The van der Waals surface area contributed by atoms with E-state index in [0.29, 0.717) is 44.9 Å². The van der Waals surface area contributed by atoms with E-state index in [9.17, 15) is 59.6 Å². The Morgan fingerprint density at radius 3 is 2.16 bits per heavy atom. The van der Waals surface area contributed by atoms with Crippen LogP contribution >= 0.6 is 7.82 Å². The van der Waals surface area contributed by atoms with Gasteiger partial charge >= 0.3 is 19.8 Å². The highest BCUT2D eigenvalue weighted by Gasteiger charge is 2.49. The molecule has 1 aliphatic heterocycles. The largest absolute Gasteiger partial charge is 0.472 e. The normalized spacial score (nSPS) is 31.8. The van der Waals surface area contributed by atoms with Crippen molar-refractivity contribution in [3.8, 4) is 0 Å². The molecule has 1 heterocycles. The van der Waals surface area contributed by atoms with Crippen LogP contribution in [0.1, 0.15) is 149 Å². The summed E-state index contributed by atoms with van der Waals surface area (Å²) in [6.07, 6.45) is 9.37. The Morgan fingerprint density at radius 1 is 0.781 bits per heavy atom. The van der Waals surface area contributed by atoms with Gasteiger partial charge in [0.2, 0.25) is 0 Å². The second-order valence-electron chi connectivity index (χ2n) is 17.0. The maximum Gasteiger partial charge on any atom is 0.472 e. The number of carbonyl (C=O) groups excluding carboxylic acids is 3. The number of unbranched alkanes of at least 4 members (excludes halogenated alkanes) is 7. The Morgan fingerprint density at radius 2 is 1.44 bits per heavy atom. The number of fused-ring (bicyclic) bond motifs is 4. The van der Waals surface area contributed by atoms with Crippen LogP contribution in [0.4, 0.5) is 0 Å². The molecule has 1 saturated heterocycles. The number of hydrogen-bond acceptors (Lipinski definition) is 15. The first-order chi connectivity index (χ1) is 30.6. The molecule has 2 aliphatic rings. The predicted octanol–water partition coefficient (Wildman–Crippen LogP) is 5.76. The minimum Gasteiger partial charge on any atom is -0.462 e. The molecule has 2 bridgehead atoms. The van der Waals surface area contributed by atoms with Gasteiger partial charge in [0.05, 0.1) is 36.9 Å². The number of rotatable bonds is 20. The standard InChI is InChI=1S/C47H79O16P/c1-3-5-7-8-9-10-11-12-13-14-15-16-17-18-24-28-41(52)62-35-32-60-40(51)27-23-20-19-22-26-36-38(49)31-39(50)37(30-29-34(48)25-21-6-4-2)43(54)45(56)47(46(57)44(55)42(36)53)63-64(58,59)61-33-35/h5,7,9-10,12-13,29-30,34-38,42-49,53-57H,3-4,6,8,11,14-28,31-33H2,1-2H3,(H,58,59)/b7-5-,10-9-,13-12-,30-29+/t34-,35+,36-,37-,38-,42+,43+,44-,45+,46+,47+/m0/s1. The third-order valence-corrected chi connectivity index (χ3v) is 12.5. The van der Waals surface area contributed by atoms with Crippen LogP contribution in [-0.4, -0.2) is 127 Å². The number of cyclic esters (lactones) is 1. The third kappa shape index (κ3) is 23.2. The molecule has 0 aromatic rings. The number of allylic oxidation sites excluding steroid dienone is 6. The van der Waals surface area contributed by atoms with Crippen molar-refractivity contribution in [3.63, 3.8) is 0 Å². The summed E-state index contributed by atoms with van der Waals surface area (Å²) in [5.74, 6) is -5.02. The summed E-state index contributed by atoms with van der Waals surface area (Å²) in [6.45, 7) is 2.68. The van der Waals surface area contributed by atoms with Crippen molar-refractivity contribution in [2.75, 3.05) is 13.2 Å². The maximum atomic E-state index is 13.7. The Balaban J connectivity index is 2.21. The maximum absolute atomic E-state index is 13.7. The van der Waals surface area contributed by atoms with Crippen LogP contribution in [0.15, 0.2) is 48.6 Å². The van der Waals surface area contributed by atoms with Crippen LogP contribution in [0, 0.1) is 11.8 Å². The van der Waals surface area contributed by atoms with E-state index < -0.39 is 112 Å². The SMILES string of the molecule is CC/C=C\C/C=C\C/C=C\CCCCCCCC(=O)O[C@@H]1COC(=O)CCCCCC[C@@H]2[C@@H](O)[C@H](O)[C@@H](O)[C@H](OP(=O)(O)OC1)[C@H](O)[C@H](O)[C@@H](/C=C/[C@@H](O)CCCCC)C(=O)C[C@@H]2O. The van der Waals surface area contributed by atoms with Gasteiger partial charge in [-0.25, -0.2) is 4.57 Å². The number of ketones is 1. The van der Waals surface area contributed by atoms with Gasteiger partial charge in [0, 0.05) is 25.2 Å². The summed E-state index contributed by atoms with van der Waals surface area (Å²) >= 11 is 0. The molecular weight excluding hydrogens is 851 g/mol. The van der Waals surface area contributed by atoms with Crippen LogP contribution < -0.4 is 0 Å². The average molecular weight is 931 g/mol. The Hall–Kier alpha value is -2.60. The van der Waals surface area contributed by atoms with Crippen molar-refractivity contribution < 1.29 is 78.1 Å². The topological polar surface area (TPSA) is 267 Å². The summed E-state index contributed by atoms with van der Waals surface area (Å²) < 4.78 is 34.7. The summed E-state index contributed by atoms with van der Waals surface area (Å²) in [5.41, 5.74) is 0. The van der Waals surface area contributed by atoms with Gasteiger partial charge in [-0.15, -0.1) is 0 Å². The lowest BCUT2D eigenvalue weighted by Crippen LogP contribution is -2.55. The number of aliphatic hydroxyl groups is 7. The van der Waals surface area contributed by atoms with Gasteiger partial charge < -0.3 is 50.1 Å². The highest BCUT2D eigenvalue weighted by atomic mass is 31.2. The van der Waals surface area contributed by atoms with E-state index in [-0.39, 0.29) is 19.3 Å². The first-order valence-electron chi connectivity index (χ1n) is 23.5. The first-order valence-corrected chi connectivity index (χ1v) is 25.0. The van der Waals surface area contributed by atoms with E-state index in [1.54, 1.807) is 0 Å². The lowest BCUT2D eigenvalue weighted by Gasteiger charge is -2.37. The summed E-state index contributed by atoms with van der Waals surface area (Å²) in [4.78, 5) is 50.2. The molecule has 0 spiro atoms. The van der Waals surface area contributed by atoms with Crippen LogP contribution in [0.2, 0.25) is 0 Å². The number of hydrogen-bond donors (Lipinski definition) is 8. The molecule has 0 aromatic carbocycles. The zero-order valence-corrected chi connectivity index (χ0v) is 38.9. The van der Waals surface area contributed by atoms with Crippen molar-refractivity contribution in [2.45, 2.75) is 204 Å². The van der Waals surface area contributed by atoms with Crippen molar-refractivity contribution >= 4 is 25.5 Å². The fourth-order valence-electron chi connectivity index (χ4n) is 7.70. The lowest BCUT2D eigenvalue weighted by atomic mass is 9.82. The Bertz CT molecular complexity index is 1480. The van der Waals surface area contributed by atoms with E-state index in [4.69, 9.17) is 18.5 Å². The van der Waals surface area contributed by atoms with Crippen LogP contribution in [0.3, 0.4) is 0 Å². The number of Topliss-reactive ketones (excluding diaryl/α,β-unsaturated/α-hetero) is 1. The van der Waals surface area contributed by atoms with Gasteiger partial charge in [-0.1, -0.05) is 120 Å². The average Bonchev–Trinajstić information content (AvgIpc) is 3.26. The van der Waals surface area contributed by atoms with E-state index in [2.05, 4.69) is 43.4 Å². The smallest absolute Gasteiger partial charge is 0.462 e. The van der Waals surface area contributed by atoms with Gasteiger partial charge in [0.25, 0.3) is 0 Å². The zero-order valence-electron chi connectivity index (χ0n) is 38.0. The number of esters is 2. The summed E-state index contributed by atoms with van der Waals surface area (Å²) in [7, 11) is -5.46. The zero-order chi connectivity index (χ0) is 47.3.